The third kappa shape index (κ3) is 3.55. The lowest BCUT2D eigenvalue weighted by Crippen LogP contribution is -2.44. The van der Waals surface area contributed by atoms with E-state index < -0.39 is 0 Å². The zero-order valence-corrected chi connectivity index (χ0v) is 12.7. The number of aromatic amines is 1. The molecular weight excluding hydrogens is 270 g/mol. The van der Waals surface area contributed by atoms with E-state index in [1.165, 1.54) is 10.9 Å². The summed E-state index contributed by atoms with van der Waals surface area (Å²) in [6, 6.07) is 7.96. The van der Waals surface area contributed by atoms with Crippen molar-refractivity contribution in [3.8, 4) is 0 Å². The standard InChI is InChI=1S/C15H21N3OS/c1-16-14(15(19)17-7-8-20-2)9-11-10-18-13-6-4-3-5-12(11)13/h3-6,10,14,16,18H,7-9H2,1-2H3,(H,17,19)/t14-/m0/s1. The number of nitrogens with one attached hydrogen (secondary N) is 3. The Morgan fingerprint density at radius 3 is 2.95 bits per heavy atom. The van der Waals surface area contributed by atoms with Crippen LogP contribution in [0.3, 0.4) is 0 Å². The van der Waals surface area contributed by atoms with Crippen LogP contribution in [0.25, 0.3) is 10.9 Å². The monoisotopic (exact) mass is 291 g/mol. The van der Waals surface area contributed by atoms with Gasteiger partial charge < -0.3 is 15.6 Å². The summed E-state index contributed by atoms with van der Waals surface area (Å²) in [4.78, 5) is 15.4. The highest BCUT2D eigenvalue weighted by atomic mass is 32.2. The van der Waals surface area contributed by atoms with E-state index in [-0.39, 0.29) is 11.9 Å². The molecule has 4 nitrogen and oxygen atoms in total. The largest absolute Gasteiger partial charge is 0.361 e. The molecule has 3 N–H and O–H groups in total. The van der Waals surface area contributed by atoms with E-state index >= 15 is 0 Å². The predicted molar refractivity (Wildman–Crippen MR) is 86.2 cm³/mol. The molecule has 0 aliphatic heterocycles. The fourth-order valence-corrected chi connectivity index (χ4v) is 2.55. The van der Waals surface area contributed by atoms with Crippen molar-refractivity contribution in [3.05, 3.63) is 36.0 Å². The average Bonchev–Trinajstić information content (AvgIpc) is 2.88. The minimum atomic E-state index is -0.198. The number of likely N-dealkylation sites (N-methyl/N-ethyl adjacent to an activating group) is 1. The van der Waals surface area contributed by atoms with Crippen molar-refractivity contribution in [3.63, 3.8) is 0 Å². The van der Waals surface area contributed by atoms with Crippen molar-refractivity contribution in [2.45, 2.75) is 12.5 Å². The summed E-state index contributed by atoms with van der Waals surface area (Å²) in [7, 11) is 1.83. The highest BCUT2D eigenvalue weighted by molar-refractivity contribution is 7.98. The number of carbonyl (C=O) groups excluding carboxylic acids is 1. The number of amides is 1. The van der Waals surface area contributed by atoms with Gasteiger partial charge in [-0.3, -0.25) is 4.79 Å². The molecule has 0 radical (unpaired) electrons. The molecule has 1 aromatic heterocycles. The van der Waals surface area contributed by atoms with Crippen LogP contribution in [0.1, 0.15) is 5.56 Å². The highest BCUT2D eigenvalue weighted by Gasteiger charge is 2.18. The van der Waals surface area contributed by atoms with Crippen LogP contribution in [0.15, 0.2) is 30.5 Å². The van der Waals surface area contributed by atoms with Gasteiger partial charge in [0, 0.05) is 29.4 Å². The zero-order chi connectivity index (χ0) is 14.4. The van der Waals surface area contributed by atoms with E-state index in [2.05, 4.69) is 21.7 Å². The highest BCUT2D eigenvalue weighted by Crippen LogP contribution is 2.19. The summed E-state index contributed by atoms with van der Waals surface area (Å²) >= 11 is 1.73. The number of aromatic nitrogens is 1. The molecule has 20 heavy (non-hydrogen) atoms. The maximum atomic E-state index is 12.1. The Kier molecular flexibility index (Phi) is 5.49. The third-order valence-electron chi connectivity index (χ3n) is 3.37. The van der Waals surface area contributed by atoms with Crippen LogP contribution >= 0.6 is 11.8 Å². The van der Waals surface area contributed by atoms with E-state index in [1.807, 2.05) is 37.7 Å². The van der Waals surface area contributed by atoms with Gasteiger partial charge in [-0.15, -0.1) is 0 Å². The van der Waals surface area contributed by atoms with Gasteiger partial charge >= 0.3 is 0 Å². The van der Waals surface area contributed by atoms with Gasteiger partial charge in [0.25, 0.3) is 0 Å². The van der Waals surface area contributed by atoms with Gasteiger partial charge in [-0.25, -0.2) is 0 Å². The van der Waals surface area contributed by atoms with Gasteiger partial charge in [0.15, 0.2) is 0 Å². The summed E-state index contributed by atoms with van der Waals surface area (Å²) in [5.41, 5.74) is 2.28. The van der Waals surface area contributed by atoms with Crippen LogP contribution < -0.4 is 10.6 Å². The van der Waals surface area contributed by atoms with E-state index in [0.29, 0.717) is 13.0 Å². The molecule has 1 heterocycles. The number of fused-ring (bicyclic) bond motifs is 1. The number of rotatable bonds is 7. The molecule has 2 rings (SSSR count). The Morgan fingerprint density at radius 2 is 2.20 bits per heavy atom. The molecule has 0 aliphatic rings. The van der Waals surface area contributed by atoms with Gasteiger partial charge in [-0.05, 0) is 31.4 Å². The molecule has 0 spiro atoms. The van der Waals surface area contributed by atoms with Crippen LogP contribution in [0.2, 0.25) is 0 Å². The smallest absolute Gasteiger partial charge is 0.237 e. The molecule has 1 amide bonds. The quantitative estimate of drug-likeness (QED) is 0.682. The Labute approximate surface area is 123 Å². The Morgan fingerprint density at radius 1 is 1.40 bits per heavy atom. The number of H-pyrrole nitrogens is 1. The number of thioether (sulfide) groups is 1. The second-order valence-corrected chi connectivity index (χ2v) is 5.67. The topological polar surface area (TPSA) is 56.9 Å². The Balaban J connectivity index is 2.04. The number of hydrogen-bond acceptors (Lipinski definition) is 3. The molecule has 5 heteroatoms. The van der Waals surface area contributed by atoms with Crippen molar-refractivity contribution in [2.24, 2.45) is 0 Å². The lowest BCUT2D eigenvalue weighted by molar-refractivity contribution is -0.122. The predicted octanol–water partition coefficient (Wildman–Crippen LogP) is 1.78. The van der Waals surface area contributed by atoms with Crippen molar-refractivity contribution < 1.29 is 4.79 Å². The number of hydrogen-bond donors (Lipinski definition) is 3. The molecule has 0 unspecified atom stereocenters. The number of para-hydroxylation sites is 1. The first-order valence-corrected chi connectivity index (χ1v) is 8.14. The SMILES string of the molecule is CN[C@@H](Cc1c[nH]c2ccccc12)C(=O)NCCSC. The van der Waals surface area contributed by atoms with Crippen molar-refractivity contribution in [2.75, 3.05) is 25.6 Å². The molecule has 0 aliphatic carbocycles. The minimum Gasteiger partial charge on any atom is -0.361 e. The fourth-order valence-electron chi connectivity index (χ4n) is 2.25. The van der Waals surface area contributed by atoms with Crippen LogP contribution in [-0.2, 0) is 11.2 Å². The summed E-state index contributed by atoms with van der Waals surface area (Å²) in [5.74, 6) is 1.00. The van der Waals surface area contributed by atoms with Crippen LogP contribution in [0, 0.1) is 0 Å². The number of benzene rings is 1. The lowest BCUT2D eigenvalue weighted by atomic mass is 10.0. The Hall–Kier alpha value is -1.46. The zero-order valence-electron chi connectivity index (χ0n) is 11.9. The summed E-state index contributed by atoms with van der Waals surface area (Å²) in [6.45, 7) is 0.714. The van der Waals surface area contributed by atoms with Gasteiger partial charge in [0.2, 0.25) is 5.91 Å². The first kappa shape index (κ1) is 14.9. The summed E-state index contributed by atoms with van der Waals surface area (Å²) < 4.78 is 0. The van der Waals surface area contributed by atoms with E-state index in [1.54, 1.807) is 11.8 Å². The molecule has 0 saturated heterocycles. The van der Waals surface area contributed by atoms with Gasteiger partial charge in [-0.2, -0.15) is 11.8 Å². The van der Waals surface area contributed by atoms with E-state index in [0.717, 1.165) is 11.3 Å². The van der Waals surface area contributed by atoms with Gasteiger partial charge in [0.1, 0.15) is 0 Å². The summed E-state index contributed by atoms with van der Waals surface area (Å²) in [6.07, 6.45) is 4.71. The third-order valence-corrected chi connectivity index (χ3v) is 3.98. The first-order valence-electron chi connectivity index (χ1n) is 6.75. The van der Waals surface area contributed by atoms with E-state index in [4.69, 9.17) is 0 Å². The second kappa shape index (κ2) is 7.36. The van der Waals surface area contributed by atoms with Crippen LogP contribution in [-0.4, -0.2) is 42.5 Å². The molecule has 1 atom stereocenters. The first-order chi connectivity index (χ1) is 9.76. The normalized spacial score (nSPS) is 12.5. The van der Waals surface area contributed by atoms with Gasteiger partial charge in [-0.1, -0.05) is 18.2 Å². The summed E-state index contributed by atoms with van der Waals surface area (Å²) in [5, 5.41) is 7.25. The molecule has 0 bridgehead atoms. The van der Waals surface area contributed by atoms with Gasteiger partial charge in [0.05, 0.1) is 6.04 Å². The fraction of sp³-hybridized carbons (Fsp3) is 0.400. The maximum Gasteiger partial charge on any atom is 0.237 e. The Bertz CT molecular complexity index is 567. The second-order valence-electron chi connectivity index (χ2n) is 4.69. The lowest BCUT2D eigenvalue weighted by Gasteiger charge is -2.15. The molecule has 1 aromatic carbocycles. The maximum absolute atomic E-state index is 12.1. The van der Waals surface area contributed by atoms with Crippen LogP contribution in [0.4, 0.5) is 0 Å². The minimum absolute atomic E-state index is 0.0619. The number of carbonyl (C=O) groups is 1. The van der Waals surface area contributed by atoms with Crippen molar-refractivity contribution in [1.29, 1.82) is 0 Å². The molecular formula is C15H21N3OS. The molecule has 0 saturated carbocycles. The van der Waals surface area contributed by atoms with Crippen molar-refractivity contribution in [1.82, 2.24) is 15.6 Å². The average molecular weight is 291 g/mol. The molecule has 2 aromatic rings. The van der Waals surface area contributed by atoms with Crippen molar-refractivity contribution >= 4 is 28.6 Å². The van der Waals surface area contributed by atoms with Crippen LogP contribution in [0.5, 0.6) is 0 Å². The van der Waals surface area contributed by atoms with E-state index in [9.17, 15) is 4.79 Å². The molecule has 0 fully saturated rings. The molecule has 108 valence electrons.